The van der Waals surface area contributed by atoms with E-state index in [1.54, 1.807) is 0 Å². The molecule has 1 fully saturated rings. The van der Waals surface area contributed by atoms with Crippen molar-refractivity contribution in [2.75, 3.05) is 0 Å². The van der Waals surface area contributed by atoms with Crippen molar-refractivity contribution in [2.45, 2.75) is 57.8 Å². The first-order chi connectivity index (χ1) is 6.84. The van der Waals surface area contributed by atoms with Gasteiger partial charge in [0.05, 0.1) is 0 Å². The van der Waals surface area contributed by atoms with E-state index in [-0.39, 0.29) is 5.78 Å². The first kappa shape index (κ1) is 11.2. The number of nitrogens with zero attached hydrogens (tertiary/aromatic N) is 1. The second-order valence-electron chi connectivity index (χ2n) is 3.94. The van der Waals surface area contributed by atoms with Crippen molar-refractivity contribution in [1.82, 2.24) is 0 Å². The molecule has 0 saturated heterocycles. The molecule has 1 aliphatic carbocycles. The van der Waals surface area contributed by atoms with Gasteiger partial charge in [-0.05, 0) is 19.3 Å². The average Bonchev–Trinajstić information content (AvgIpc) is 2.24. The highest BCUT2D eigenvalue weighted by Crippen LogP contribution is 2.13. The minimum absolute atomic E-state index is 0.0365. The van der Waals surface area contributed by atoms with E-state index in [1.807, 2.05) is 0 Å². The fraction of sp³-hybridized carbons (Fsp3) is 0.818. The highest BCUT2D eigenvalue weighted by atomic mass is 16.4. The molecule has 3 nitrogen and oxygen atoms in total. The Labute approximate surface area is 85.2 Å². The molecule has 0 unspecified atom stereocenters. The zero-order valence-electron chi connectivity index (χ0n) is 8.67. The topological polar surface area (TPSA) is 49.7 Å². The lowest BCUT2D eigenvalue weighted by Crippen LogP contribution is -2.13. The first-order valence-electron chi connectivity index (χ1n) is 5.58. The minimum atomic E-state index is 0.0365. The summed E-state index contributed by atoms with van der Waals surface area (Å²) in [5.41, 5.74) is 0.381. The molecular formula is C11H19NO2. The molecule has 0 bridgehead atoms. The molecule has 14 heavy (non-hydrogen) atoms. The van der Waals surface area contributed by atoms with Crippen molar-refractivity contribution in [3.63, 3.8) is 0 Å². The highest BCUT2D eigenvalue weighted by molar-refractivity contribution is 6.39. The molecule has 0 heterocycles. The van der Waals surface area contributed by atoms with Crippen LogP contribution in [0.15, 0.2) is 5.16 Å². The third-order valence-corrected chi connectivity index (χ3v) is 2.76. The van der Waals surface area contributed by atoms with Gasteiger partial charge in [-0.3, -0.25) is 4.79 Å². The summed E-state index contributed by atoms with van der Waals surface area (Å²) >= 11 is 0. The molecule has 0 aromatic carbocycles. The predicted octanol–water partition coefficient (Wildman–Crippen LogP) is 2.91. The second-order valence-corrected chi connectivity index (χ2v) is 3.94. The maximum absolute atomic E-state index is 11.5. The summed E-state index contributed by atoms with van der Waals surface area (Å²) in [6, 6.07) is 0. The number of Topliss-reactive ketones (excluding diaryl/α,β-unsaturated/α-hetero) is 1. The van der Waals surface area contributed by atoms with Crippen LogP contribution in [0.2, 0.25) is 0 Å². The lowest BCUT2D eigenvalue weighted by atomic mass is 10.1. The minimum Gasteiger partial charge on any atom is -0.411 e. The van der Waals surface area contributed by atoms with Crippen LogP contribution in [0.4, 0.5) is 0 Å². The van der Waals surface area contributed by atoms with Crippen LogP contribution >= 0.6 is 0 Å². The number of oxime groups is 1. The van der Waals surface area contributed by atoms with Gasteiger partial charge in [-0.2, -0.15) is 0 Å². The van der Waals surface area contributed by atoms with Gasteiger partial charge in [0.25, 0.3) is 0 Å². The zero-order valence-corrected chi connectivity index (χ0v) is 8.67. The molecular weight excluding hydrogens is 178 g/mol. The van der Waals surface area contributed by atoms with Gasteiger partial charge in [0.1, 0.15) is 5.71 Å². The molecule has 1 aliphatic rings. The second kappa shape index (κ2) is 6.57. The molecule has 0 aliphatic heterocycles. The maximum Gasteiger partial charge on any atom is 0.180 e. The number of ketones is 1. The summed E-state index contributed by atoms with van der Waals surface area (Å²) in [5.74, 6) is 0.0365. The molecule has 0 aromatic heterocycles. The number of carbonyl (C=O) groups excluding carboxylic acids is 1. The summed E-state index contributed by atoms with van der Waals surface area (Å²) in [4.78, 5) is 11.5. The third-order valence-electron chi connectivity index (χ3n) is 2.76. The molecule has 0 amide bonds. The average molecular weight is 197 g/mol. The van der Waals surface area contributed by atoms with Crippen molar-refractivity contribution in [1.29, 1.82) is 0 Å². The normalized spacial score (nSPS) is 24.6. The molecule has 0 atom stereocenters. The lowest BCUT2D eigenvalue weighted by Gasteiger charge is -2.01. The van der Waals surface area contributed by atoms with E-state index >= 15 is 0 Å². The molecule has 3 heteroatoms. The molecule has 0 spiro atoms. The summed E-state index contributed by atoms with van der Waals surface area (Å²) < 4.78 is 0. The standard InChI is InChI=1S/C11H19NO2/c13-11-9-7-5-3-1-2-4-6-8-10(11)12-14/h14H,1-9H2/b12-10-. The van der Waals surface area contributed by atoms with Crippen LogP contribution < -0.4 is 0 Å². The van der Waals surface area contributed by atoms with Crippen LogP contribution in [-0.2, 0) is 4.79 Å². The fourth-order valence-electron chi connectivity index (χ4n) is 1.85. The van der Waals surface area contributed by atoms with E-state index in [4.69, 9.17) is 5.21 Å². The molecule has 0 radical (unpaired) electrons. The Morgan fingerprint density at radius 2 is 1.36 bits per heavy atom. The smallest absolute Gasteiger partial charge is 0.180 e. The van der Waals surface area contributed by atoms with Crippen LogP contribution in [0.25, 0.3) is 0 Å². The molecule has 1 rings (SSSR count). The van der Waals surface area contributed by atoms with E-state index in [9.17, 15) is 4.79 Å². The van der Waals surface area contributed by atoms with Gasteiger partial charge in [-0.25, -0.2) is 0 Å². The van der Waals surface area contributed by atoms with E-state index in [0.29, 0.717) is 18.6 Å². The Balaban J connectivity index is 2.46. The third kappa shape index (κ3) is 3.90. The molecule has 1 saturated carbocycles. The summed E-state index contributed by atoms with van der Waals surface area (Å²) in [6.07, 6.45) is 9.15. The Hall–Kier alpha value is -0.860. The quantitative estimate of drug-likeness (QED) is 0.479. The van der Waals surface area contributed by atoms with Crippen LogP contribution in [0, 0.1) is 0 Å². The van der Waals surface area contributed by atoms with Crippen LogP contribution in [0.3, 0.4) is 0 Å². The fourth-order valence-corrected chi connectivity index (χ4v) is 1.85. The number of carbonyl (C=O) groups is 1. The SMILES string of the molecule is O=C1CCCCCCCCC/C1=N/O. The molecule has 1 N–H and O–H groups in total. The van der Waals surface area contributed by atoms with Gasteiger partial charge >= 0.3 is 0 Å². The summed E-state index contributed by atoms with van der Waals surface area (Å²) in [6.45, 7) is 0. The zero-order chi connectivity index (χ0) is 10.2. The van der Waals surface area contributed by atoms with E-state index in [0.717, 1.165) is 25.7 Å². The van der Waals surface area contributed by atoms with Gasteiger partial charge in [0.2, 0.25) is 0 Å². The first-order valence-corrected chi connectivity index (χ1v) is 5.58. The lowest BCUT2D eigenvalue weighted by molar-refractivity contribution is -0.113. The highest BCUT2D eigenvalue weighted by Gasteiger charge is 2.12. The predicted molar refractivity (Wildman–Crippen MR) is 55.8 cm³/mol. The maximum atomic E-state index is 11.5. The van der Waals surface area contributed by atoms with E-state index in [1.165, 1.54) is 19.3 Å². The van der Waals surface area contributed by atoms with Crippen LogP contribution in [-0.4, -0.2) is 16.7 Å². The van der Waals surface area contributed by atoms with Gasteiger partial charge in [-0.1, -0.05) is 37.3 Å². The molecule has 0 aromatic rings. The summed E-state index contributed by atoms with van der Waals surface area (Å²) in [5, 5.41) is 11.8. The van der Waals surface area contributed by atoms with Crippen molar-refractivity contribution < 1.29 is 10.0 Å². The monoisotopic (exact) mass is 197 g/mol. The van der Waals surface area contributed by atoms with E-state index < -0.39 is 0 Å². The van der Waals surface area contributed by atoms with Gasteiger partial charge in [-0.15, -0.1) is 0 Å². The van der Waals surface area contributed by atoms with Gasteiger partial charge < -0.3 is 5.21 Å². The Kier molecular flexibility index (Phi) is 5.27. The number of hydrogen-bond donors (Lipinski definition) is 1. The van der Waals surface area contributed by atoms with Gasteiger partial charge in [0.15, 0.2) is 5.78 Å². The van der Waals surface area contributed by atoms with Crippen LogP contribution in [0.1, 0.15) is 57.8 Å². The summed E-state index contributed by atoms with van der Waals surface area (Å²) in [7, 11) is 0. The van der Waals surface area contributed by atoms with Crippen molar-refractivity contribution >= 4 is 11.5 Å². The Bertz CT molecular complexity index is 211. The Morgan fingerprint density at radius 3 is 1.93 bits per heavy atom. The number of rotatable bonds is 0. The van der Waals surface area contributed by atoms with E-state index in [2.05, 4.69) is 5.16 Å². The van der Waals surface area contributed by atoms with Crippen molar-refractivity contribution in [3.8, 4) is 0 Å². The van der Waals surface area contributed by atoms with Crippen LogP contribution in [0.5, 0.6) is 0 Å². The van der Waals surface area contributed by atoms with Crippen molar-refractivity contribution in [2.24, 2.45) is 5.16 Å². The number of hydrogen-bond acceptors (Lipinski definition) is 3. The molecule has 80 valence electrons. The largest absolute Gasteiger partial charge is 0.411 e. The van der Waals surface area contributed by atoms with Gasteiger partial charge in [0, 0.05) is 6.42 Å². The van der Waals surface area contributed by atoms with Crippen molar-refractivity contribution in [3.05, 3.63) is 0 Å². The Morgan fingerprint density at radius 1 is 0.857 bits per heavy atom.